The summed E-state index contributed by atoms with van der Waals surface area (Å²) in [6.45, 7) is 0. The van der Waals surface area contributed by atoms with Crippen molar-refractivity contribution < 1.29 is 4.79 Å². The van der Waals surface area contributed by atoms with Gasteiger partial charge in [-0.05, 0) is 73.8 Å². The lowest BCUT2D eigenvalue weighted by Gasteiger charge is -2.11. The molecule has 3 N–H and O–H groups in total. The third-order valence-electron chi connectivity index (χ3n) is 3.86. The van der Waals surface area contributed by atoms with Gasteiger partial charge >= 0.3 is 0 Å². The Balaban J connectivity index is 1.53. The summed E-state index contributed by atoms with van der Waals surface area (Å²) in [7, 11) is 0. The summed E-state index contributed by atoms with van der Waals surface area (Å²) in [5.41, 5.74) is 7.50. The molecule has 1 aromatic carbocycles. The predicted molar refractivity (Wildman–Crippen MR) is 104 cm³/mol. The molecule has 0 fully saturated rings. The fourth-order valence-electron chi connectivity index (χ4n) is 2.65. The Morgan fingerprint density at radius 1 is 1.08 bits per heavy atom. The third-order valence-corrected chi connectivity index (χ3v) is 5.55. The summed E-state index contributed by atoms with van der Waals surface area (Å²) >= 11 is 12.6. The number of thiocarbonyl (C=S) groups is 1. The van der Waals surface area contributed by atoms with Crippen LogP contribution in [0.1, 0.15) is 39.4 Å². The number of halogens is 1. The second-order valence-corrected chi connectivity index (χ2v) is 7.64. The van der Waals surface area contributed by atoms with Gasteiger partial charge in [0.15, 0.2) is 5.11 Å². The first-order chi connectivity index (χ1) is 11.6. The Morgan fingerprint density at radius 2 is 1.83 bits per heavy atom. The summed E-state index contributed by atoms with van der Waals surface area (Å²) in [5.74, 6) is -0.159. The van der Waals surface area contributed by atoms with E-state index in [1.54, 1.807) is 23.5 Å². The molecule has 1 aromatic heterocycles. The van der Waals surface area contributed by atoms with Gasteiger partial charge in [-0.2, -0.15) is 0 Å². The minimum absolute atomic E-state index is 0.159. The highest BCUT2D eigenvalue weighted by Crippen LogP contribution is 2.28. The molecule has 1 heterocycles. The third kappa shape index (κ3) is 4.47. The van der Waals surface area contributed by atoms with Crippen LogP contribution in [0.4, 0.5) is 5.69 Å². The van der Waals surface area contributed by atoms with Gasteiger partial charge in [0.25, 0.3) is 5.91 Å². The Kier molecular flexibility index (Phi) is 5.71. The fraction of sp³-hybridized carbons (Fsp3) is 0.294. The number of aryl methyl sites for hydroxylation is 2. The minimum Gasteiger partial charge on any atom is -0.331 e. The van der Waals surface area contributed by atoms with Crippen molar-refractivity contribution >= 4 is 51.9 Å². The number of benzene rings is 1. The van der Waals surface area contributed by atoms with Crippen LogP contribution >= 0.6 is 35.2 Å². The Labute approximate surface area is 155 Å². The lowest BCUT2D eigenvalue weighted by Crippen LogP contribution is -2.43. The number of fused-ring (bicyclic) bond motifs is 1. The van der Waals surface area contributed by atoms with Crippen LogP contribution in [0.3, 0.4) is 0 Å². The first-order valence-corrected chi connectivity index (χ1v) is 9.46. The normalized spacial score (nSPS) is 13.5. The molecule has 0 radical (unpaired) electrons. The SMILES string of the molecule is O=C(NNC(=S)Nc1ccc(Cl)cc1)c1cc2c(s1)CCCCC2. The molecule has 0 atom stereocenters. The largest absolute Gasteiger partial charge is 0.331 e. The zero-order chi connectivity index (χ0) is 16.9. The number of thiophene rings is 1. The zero-order valence-electron chi connectivity index (χ0n) is 13.0. The van der Waals surface area contributed by atoms with Crippen LogP contribution in [0.25, 0.3) is 0 Å². The monoisotopic (exact) mass is 379 g/mol. The van der Waals surface area contributed by atoms with Crippen LogP contribution in [0.15, 0.2) is 30.3 Å². The van der Waals surface area contributed by atoms with E-state index in [9.17, 15) is 4.79 Å². The van der Waals surface area contributed by atoms with E-state index in [-0.39, 0.29) is 5.91 Å². The number of carbonyl (C=O) groups is 1. The zero-order valence-corrected chi connectivity index (χ0v) is 15.4. The van der Waals surface area contributed by atoms with Crippen LogP contribution < -0.4 is 16.2 Å². The smallest absolute Gasteiger partial charge is 0.279 e. The molecule has 0 saturated heterocycles. The number of rotatable bonds is 2. The van der Waals surface area contributed by atoms with E-state index in [0.29, 0.717) is 10.1 Å². The molecule has 0 bridgehead atoms. The van der Waals surface area contributed by atoms with Gasteiger partial charge in [-0.1, -0.05) is 18.0 Å². The highest BCUT2D eigenvalue weighted by molar-refractivity contribution is 7.80. The standard InChI is InChI=1S/C17H18ClN3OS2/c18-12-6-8-13(9-7-12)19-17(23)21-20-16(22)15-10-11-4-2-1-3-5-14(11)24-15/h6-10H,1-5H2,(H,20,22)(H2,19,21,23). The van der Waals surface area contributed by atoms with E-state index < -0.39 is 0 Å². The number of hydrogen-bond acceptors (Lipinski definition) is 3. The van der Waals surface area contributed by atoms with Crippen molar-refractivity contribution in [2.24, 2.45) is 0 Å². The van der Waals surface area contributed by atoms with Gasteiger partial charge in [0.05, 0.1) is 4.88 Å². The Morgan fingerprint density at radius 3 is 2.62 bits per heavy atom. The first-order valence-electron chi connectivity index (χ1n) is 7.86. The van der Waals surface area contributed by atoms with Crippen molar-refractivity contribution in [2.75, 3.05) is 5.32 Å². The number of hydrazine groups is 1. The van der Waals surface area contributed by atoms with Crippen molar-refractivity contribution in [3.8, 4) is 0 Å². The molecular formula is C17H18ClN3OS2. The number of amides is 1. The summed E-state index contributed by atoms with van der Waals surface area (Å²) in [5, 5.41) is 3.96. The summed E-state index contributed by atoms with van der Waals surface area (Å²) < 4.78 is 0. The predicted octanol–water partition coefficient (Wildman–Crippen LogP) is 4.30. The van der Waals surface area contributed by atoms with Crippen molar-refractivity contribution in [2.45, 2.75) is 32.1 Å². The molecule has 1 aliphatic carbocycles. The topological polar surface area (TPSA) is 53.2 Å². The average Bonchev–Trinajstić information content (AvgIpc) is 2.86. The van der Waals surface area contributed by atoms with Crippen LogP contribution in [-0.4, -0.2) is 11.0 Å². The maximum absolute atomic E-state index is 12.3. The maximum Gasteiger partial charge on any atom is 0.279 e. The fourth-order valence-corrected chi connectivity index (χ4v) is 4.09. The van der Waals surface area contributed by atoms with Gasteiger partial charge < -0.3 is 5.32 Å². The minimum atomic E-state index is -0.159. The second kappa shape index (κ2) is 7.96. The molecule has 0 spiro atoms. The van der Waals surface area contributed by atoms with E-state index >= 15 is 0 Å². The average molecular weight is 380 g/mol. The lowest BCUT2D eigenvalue weighted by atomic mass is 10.1. The van der Waals surface area contributed by atoms with Gasteiger partial charge in [0, 0.05) is 15.6 Å². The molecule has 126 valence electrons. The summed E-state index contributed by atoms with van der Waals surface area (Å²) in [6.07, 6.45) is 5.84. The highest BCUT2D eigenvalue weighted by atomic mass is 35.5. The van der Waals surface area contributed by atoms with E-state index in [2.05, 4.69) is 16.2 Å². The van der Waals surface area contributed by atoms with Crippen LogP contribution in [-0.2, 0) is 12.8 Å². The number of carbonyl (C=O) groups excluding carboxylic acids is 1. The lowest BCUT2D eigenvalue weighted by molar-refractivity contribution is 0.0948. The Hall–Kier alpha value is -1.63. The number of hydrogen-bond donors (Lipinski definition) is 3. The maximum atomic E-state index is 12.3. The van der Waals surface area contributed by atoms with E-state index in [0.717, 1.165) is 23.4 Å². The van der Waals surface area contributed by atoms with Gasteiger partial charge in [-0.15, -0.1) is 11.3 Å². The van der Waals surface area contributed by atoms with Crippen LogP contribution in [0.2, 0.25) is 5.02 Å². The van der Waals surface area contributed by atoms with E-state index in [1.807, 2.05) is 18.2 Å². The van der Waals surface area contributed by atoms with Crippen LogP contribution in [0.5, 0.6) is 0 Å². The molecule has 0 unspecified atom stereocenters. The molecule has 7 heteroatoms. The second-order valence-electron chi connectivity index (χ2n) is 5.66. The van der Waals surface area contributed by atoms with E-state index in [1.165, 1.54) is 29.7 Å². The summed E-state index contributed by atoms with van der Waals surface area (Å²) in [4.78, 5) is 14.4. The Bertz CT molecular complexity index is 719. The number of nitrogens with one attached hydrogen (secondary N) is 3. The summed E-state index contributed by atoms with van der Waals surface area (Å²) in [6, 6.07) is 9.18. The molecule has 0 aliphatic heterocycles. The van der Waals surface area contributed by atoms with Crippen molar-refractivity contribution in [3.63, 3.8) is 0 Å². The van der Waals surface area contributed by atoms with Crippen molar-refractivity contribution in [1.82, 2.24) is 10.9 Å². The molecule has 0 saturated carbocycles. The van der Waals surface area contributed by atoms with Gasteiger partial charge in [0.1, 0.15) is 0 Å². The molecule has 24 heavy (non-hydrogen) atoms. The molecule has 2 aromatic rings. The van der Waals surface area contributed by atoms with Gasteiger partial charge in [0.2, 0.25) is 0 Å². The van der Waals surface area contributed by atoms with E-state index in [4.69, 9.17) is 23.8 Å². The van der Waals surface area contributed by atoms with Crippen LogP contribution in [0, 0.1) is 0 Å². The van der Waals surface area contributed by atoms with Crippen molar-refractivity contribution in [1.29, 1.82) is 0 Å². The quantitative estimate of drug-likeness (QED) is 0.413. The number of anilines is 1. The first kappa shape index (κ1) is 17.2. The molecule has 4 nitrogen and oxygen atoms in total. The molecule has 1 amide bonds. The van der Waals surface area contributed by atoms with Gasteiger partial charge in [-0.25, -0.2) is 0 Å². The highest BCUT2D eigenvalue weighted by Gasteiger charge is 2.16. The molecule has 1 aliphatic rings. The molecule has 3 rings (SSSR count). The molecular weight excluding hydrogens is 362 g/mol. The van der Waals surface area contributed by atoms with Gasteiger partial charge in [-0.3, -0.25) is 15.6 Å². The van der Waals surface area contributed by atoms with Crippen molar-refractivity contribution in [3.05, 3.63) is 50.7 Å².